The summed E-state index contributed by atoms with van der Waals surface area (Å²) in [5, 5.41) is 0. The quantitative estimate of drug-likeness (QED) is 0.183. The number of ether oxygens (including phenoxy) is 1. The van der Waals surface area contributed by atoms with Crippen LogP contribution in [0, 0.1) is 41.5 Å². The number of benzene rings is 2. The molecule has 0 aromatic heterocycles. The summed E-state index contributed by atoms with van der Waals surface area (Å²) in [6.07, 6.45) is 18.5. The third-order valence-corrected chi connectivity index (χ3v) is 8.86. The first-order valence-electron chi connectivity index (χ1n) is 15.6. The Bertz CT molecular complexity index is 849. The van der Waals surface area contributed by atoms with Gasteiger partial charge in [-0.3, -0.25) is 0 Å². The molecule has 37 heavy (non-hydrogen) atoms. The fraction of sp³-hybridized carbons (Fsp3) is 0.667. The van der Waals surface area contributed by atoms with E-state index in [-0.39, 0.29) is 12.2 Å². The molecule has 0 fully saturated rings. The molecular formula is C36H58O. The largest absolute Gasteiger partial charge is 0.366 e. The monoisotopic (exact) mass is 506 g/mol. The third-order valence-electron chi connectivity index (χ3n) is 8.86. The summed E-state index contributed by atoms with van der Waals surface area (Å²) in [4.78, 5) is 0. The molecule has 0 spiro atoms. The lowest BCUT2D eigenvalue weighted by molar-refractivity contribution is -0.0270. The molecule has 0 saturated carbocycles. The van der Waals surface area contributed by atoms with E-state index in [0.29, 0.717) is 0 Å². The van der Waals surface area contributed by atoms with Gasteiger partial charge in [0.2, 0.25) is 0 Å². The van der Waals surface area contributed by atoms with E-state index in [1.165, 1.54) is 122 Å². The van der Waals surface area contributed by atoms with Crippen molar-refractivity contribution in [2.45, 2.75) is 157 Å². The molecule has 0 aliphatic carbocycles. The topological polar surface area (TPSA) is 9.23 Å². The van der Waals surface area contributed by atoms with Gasteiger partial charge in [-0.05, 0) is 98.9 Å². The molecule has 0 radical (unpaired) electrons. The maximum atomic E-state index is 7.23. The lowest BCUT2D eigenvalue weighted by Crippen LogP contribution is -2.14. The zero-order chi connectivity index (χ0) is 27.2. The fourth-order valence-corrected chi connectivity index (χ4v) is 5.66. The Labute approximate surface area is 230 Å². The van der Waals surface area contributed by atoms with Crippen LogP contribution in [0.1, 0.15) is 160 Å². The van der Waals surface area contributed by atoms with Crippen LogP contribution in [0.5, 0.6) is 0 Å². The van der Waals surface area contributed by atoms with Crippen molar-refractivity contribution in [1.29, 1.82) is 0 Å². The molecule has 0 N–H and O–H groups in total. The summed E-state index contributed by atoms with van der Waals surface area (Å²) < 4.78 is 7.23. The predicted octanol–water partition coefficient (Wildman–Crippen LogP) is 11.8. The van der Waals surface area contributed by atoms with Gasteiger partial charge in [0.05, 0.1) is 12.2 Å². The smallest absolute Gasteiger partial charge is 0.0836 e. The Kier molecular flexibility index (Phi) is 14.6. The van der Waals surface area contributed by atoms with Crippen molar-refractivity contribution < 1.29 is 4.74 Å². The van der Waals surface area contributed by atoms with Crippen LogP contribution in [0.4, 0.5) is 0 Å². The molecular weight excluding hydrogens is 448 g/mol. The molecule has 2 atom stereocenters. The van der Waals surface area contributed by atoms with Crippen LogP contribution in [-0.2, 0) is 4.74 Å². The van der Waals surface area contributed by atoms with E-state index >= 15 is 0 Å². The lowest BCUT2D eigenvalue weighted by atomic mass is 9.91. The van der Waals surface area contributed by atoms with Gasteiger partial charge in [-0.25, -0.2) is 0 Å². The number of hydrogen-bond donors (Lipinski definition) is 0. The fourth-order valence-electron chi connectivity index (χ4n) is 5.66. The Hall–Kier alpha value is -1.60. The molecule has 2 rings (SSSR count). The maximum Gasteiger partial charge on any atom is 0.0836 e. The van der Waals surface area contributed by atoms with Gasteiger partial charge in [0.1, 0.15) is 0 Å². The van der Waals surface area contributed by atoms with E-state index in [9.17, 15) is 0 Å². The second kappa shape index (κ2) is 17.1. The highest BCUT2D eigenvalue weighted by molar-refractivity contribution is 5.41. The molecule has 208 valence electrons. The van der Waals surface area contributed by atoms with Crippen molar-refractivity contribution in [3.8, 4) is 0 Å². The number of hydrogen-bond acceptors (Lipinski definition) is 1. The Morgan fingerprint density at radius 1 is 0.459 bits per heavy atom. The molecule has 0 aliphatic rings. The van der Waals surface area contributed by atoms with E-state index in [1.807, 2.05) is 0 Å². The summed E-state index contributed by atoms with van der Waals surface area (Å²) in [6, 6.07) is 9.32. The van der Waals surface area contributed by atoms with Gasteiger partial charge < -0.3 is 4.74 Å². The first-order chi connectivity index (χ1) is 17.8. The van der Waals surface area contributed by atoms with E-state index in [0.717, 1.165) is 12.8 Å². The predicted molar refractivity (Wildman–Crippen MR) is 164 cm³/mol. The minimum absolute atomic E-state index is 0.163. The highest BCUT2D eigenvalue weighted by Gasteiger charge is 2.24. The van der Waals surface area contributed by atoms with E-state index in [1.54, 1.807) is 0 Å². The van der Waals surface area contributed by atoms with Crippen molar-refractivity contribution in [3.63, 3.8) is 0 Å². The van der Waals surface area contributed by atoms with Crippen LogP contribution in [0.25, 0.3) is 0 Å². The minimum Gasteiger partial charge on any atom is -0.366 e. The Morgan fingerprint density at radius 3 is 1.19 bits per heavy atom. The Balaban J connectivity index is 2.28. The van der Waals surface area contributed by atoms with Gasteiger partial charge in [0.15, 0.2) is 0 Å². The molecule has 0 heterocycles. The van der Waals surface area contributed by atoms with Gasteiger partial charge in [-0.15, -0.1) is 0 Å². The van der Waals surface area contributed by atoms with Gasteiger partial charge in [-0.1, -0.05) is 115 Å². The zero-order valence-electron chi connectivity index (χ0n) is 25.8. The van der Waals surface area contributed by atoms with Crippen molar-refractivity contribution in [2.24, 2.45) is 0 Å². The molecule has 0 saturated heterocycles. The molecule has 2 aromatic rings. The van der Waals surface area contributed by atoms with Crippen LogP contribution in [-0.4, -0.2) is 0 Å². The second-order valence-electron chi connectivity index (χ2n) is 11.7. The van der Waals surface area contributed by atoms with Crippen molar-refractivity contribution >= 4 is 0 Å². The van der Waals surface area contributed by atoms with Crippen LogP contribution in [0.2, 0.25) is 0 Å². The van der Waals surface area contributed by atoms with Gasteiger partial charge in [0, 0.05) is 0 Å². The highest BCUT2D eigenvalue weighted by atomic mass is 16.5. The SMILES string of the molecule is CCCCCCCCC(OC(CCCCCCCC)c1ccc(C)c(C)c1C)c1ccc(C)c(C)c1C. The summed E-state index contributed by atoms with van der Waals surface area (Å²) in [6.45, 7) is 18.2. The lowest BCUT2D eigenvalue weighted by Gasteiger charge is -2.29. The number of aryl methyl sites for hydroxylation is 2. The third kappa shape index (κ3) is 9.90. The van der Waals surface area contributed by atoms with Crippen LogP contribution in [0.15, 0.2) is 24.3 Å². The van der Waals surface area contributed by atoms with Crippen molar-refractivity contribution in [2.75, 3.05) is 0 Å². The Morgan fingerprint density at radius 2 is 0.811 bits per heavy atom. The maximum absolute atomic E-state index is 7.23. The molecule has 1 heteroatoms. The van der Waals surface area contributed by atoms with Gasteiger partial charge in [0.25, 0.3) is 0 Å². The molecule has 0 aliphatic heterocycles. The first-order valence-corrected chi connectivity index (χ1v) is 15.6. The molecule has 1 nitrogen and oxygen atoms in total. The molecule has 0 bridgehead atoms. The average molecular weight is 507 g/mol. The average Bonchev–Trinajstić information content (AvgIpc) is 2.89. The van der Waals surface area contributed by atoms with Crippen LogP contribution in [0.3, 0.4) is 0 Å². The second-order valence-corrected chi connectivity index (χ2v) is 11.7. The van der Waals surface area contributed by atoms with Crippen molar-refractivity contribution in [1.82, 2.24) is 0 Å². The minimum atomic E-state index is 0.163. The molecule has 2 aromatic carbocycles. The number of rotatable bonds is 18. The number of unbranched alkanes of at least 4 members (excludes halogenated alkanes) is 10. The van der Waals surface area contributed by atoms with E-state index in [4.69, 9.17) is 4.74 Å². The van der Waals surface area contributed by atoms with Crippen molar-refractivity contribution in [3.05, 3.63) is 68.8 Å². The van der Waals surface area contributed by atoms with Crippen LogP contribution < -0.4 is 0 Å². The molecule has 2 unspecified atom stereocenters. The summed E-state index contributed by atoms with van der Waals surface area (Å²) >= 11 is 0. The summed E-state index contributed by atoms with van der Waals surface area (Å²) in [7, 11) is 0. The highest BCUT2D eigenvalue weighted by Crippen LogP contribution is 2.38. The standard InChI is InChI=1S/C36H58O/c1-9-11-13-15-17-19-21-35(33-25-23-27(3)29(5)31(33)7)37-36(22-20-18-16-14-12-10-2)34-26-24-28(4)30(6)32(34)8/h23-26,35-36H,9-22H2,1-8H3. The van der Waals surface area contributed by atoms with Gasteiger partial charge >= 0.3 is 0 Å². The van der Waals surface area contributed by atoms with Crippen LogP contribution >= 0.6 is 0 Å². The first kappa shape index (κ1) is 31.6. The normalized spacial score (nSPS) is 13.2. The summed E-state index contributed by atoms with van der Waals surface area (Å²) in [5.74, 6) is 0. The van der Waals surface area contributed by atoms with E-state index in [2.05, 4.69) is 79.7 Å². The zero-order valence-corrected chi connectivity index (χ0v) is 25.8. The van der Waals surface area contributed by atoms with Gasteiger partial charge in [-0.2, -0.15) is 0 Å². The molecule has 0 amide bonds. The van der Waals surface area contributed by atoms with E-state index < -0.39 is 0 Å². The summed E-state index contributed by atoms with van der Waals surface area (Å²) in [5.41, 5.74) is 11.3.